The second-order valence-corrected chi connectivity index (χ2v) is 5.61. The summed E-state index contributed by atoms with van der Waals surface area (Å²) in [4.78, 5) is 6.42. The largest absolute Gasteiger partial charge is 0.497 e. The van der Waals surface area contributed by atoms with Gasteiger partial charge in [0.1, 0.15) is 5.75 Å². The Labute approximate surface area is 151 Å². The summed E-state index contributed by atoms with van der Waals surface area (Å²) in [6, 6.07) is 16.6. The first-order chi connectivity index (χ1) is 12.2. The first-order valence-electron chi connectivity index (χ1n) is 8.41. The van der Waals surface area contributed by atoms with Crippen LogP contribution in [0.4, 0.5) is 0 Å². The van der Waals surface area contributed by atoms with Gasteiger partial charge in [-0.1, -0.05) is 54.4 Å². The van der Waals surface area contributed by atoms with Crippen molar-refractivity contribution in [2.75, 3.05) is 7.11 Å². The van der Waals surface area contributed by atoms with Gasteiger partial charge in [-0.2, -0.15) is 0 Å². The maximum absolute atomic E-state index is 5.31. The van der Waals surface area contributed by atoms with Crippen LogP contribution in [0, 0.1) is 0 Å². The van der Waals surface area contributed by atoms with Crippen LogP contribution < -0.4 is 10.2 Å². The van der Waals surface area contributed by atoms with Crippen LogP contribution in [0.15, 0.2) is 78.8 Å². The van der Waals surface area contributed by atoms with Crippen LogP contribution in [-0.4, -0.2) is 24.4 Å². The smallest absolute Gasteiger partial charge is 0.182 e. The number of nitrogens with one attached hydrogen (secondary N) is 1. The van der Waals surface area contributed by atoms with E-state index in [1.54, 1.807) is 25.8 Å². The van der Waals surface area contributed by atoms with Crippen molar-refractivity contribution in [2.24, 2.45) is 0 Å². The Morgan fingerprint density at radius 3 is 2.68 bits per heavy atom. The number of benzene rings is 2. The molecule has 0 fully saturated rings. The van der Waals surface area contributed by atoms with Gasteiger partial charge in [0.15, 0.2) is 7.28 Å². The Morgan fingerprint density at radius 2 is 2.04 bits per heavy atom. The van der Waals surface area contributed by atoms with E-state index in [9.17, 15) is 0 Å². The molecule has 0 amide bonds. The third-order valence-electron chi connectivity index (χ3n) is 3.85. The molecule has 25 heavy (non-hydrogen) atoms. The van der Waals surface area contributed by atoms with Crippen molar-refractivity contribution in [2.45, 2.75) is 20.3 Å². The van der Waals surface area contributed by atoms with Gasteiger partial charge in [-0.15, -0.1) is 5.98 Å². The molecule has 3 rings (SSSR count). The van der Waals surface area contributed by atoms with Crippen LogP contribution in [-0.2, 0) is 0 Å². The highest BCUT2D eigenvalue weighted by atomic mass is 16.5. The number of ether oxygens (including phenoxy) is 1. The van der Waals surface area contributed by atoms with Gasteiger partial charge in [-0.3, -0.25) is 0 Å². The highest BCUT2D eigenvalue weighted by Gasteiger charge is 2.05. The lowest BCUT2D eigenvalue weighted by Gasteiger charge is -2.09. The standard InChI is InChI=1S/C18H20BO.C3H4N2/c1-4-14(2)13-19-18-11-6-5-10-17(18)15-8-7-9-16(12-15)20-3;1-2-5-3-4-1/h5-13H,4H2,1-3H3;1-3H,(H,4,5). The third-order valence-corrected chi connectivity index (χ3v) is 3.85. The van der Waals surface area contributed by atoms with E-state index in [0.29, 0.717) is 0 Å². The maximum atomic E-state index is 5.31. The van der Waals surface area contributed by atoms with Crippen molar-refractivity contribution in [1.82, 2.24) is 9.97 Å². The third kappa shape index (κ3) is 6.00. The highest BCUT2D eigenvalue weighted by molar-refractivity contribution is 6.60. The molecule has 0 saturated heterocycles. The molecule has 0 aliphatic heterocycles. The minimum absolute atomic E-state index is 0.887. The number of rotatable bonds is 5. The summed E-state index contributed by atoms with van der Waals surface area (Å²) in [5.41, 5.74) is 5.02. The fourth-order valence-electron chi connectivity index (χ4n) is 2.26. The van der Waals surface area contributed by atoms with E-state index < -0.39 is 0 Å². The molecule has 0 aliphatic carbocycles. The van der Waals surface area contributed by atoms with Crippen LogP contribution in [0.5, 0.6) is 5.75 Å². The Kier molecular flexibility index (Phi) is 7.58. The topological polar surface area (TPSA) is 37.9 Å². The molecule has 2 aromatic carbocycles. The lowest BCUT2D eigenvalue weighted by molar-refractivity contribution is 0.415. The van der Waals surface area contributed by atoms with Crippen LogP contribution in [0.2, 0.25) is 0 Å². The molecule has 1 heterocycles. The quantitative estimate of drug-likeness (QED) is 0.703. The molecule has 4 heteroatoms. The van der Waals surface area contributed by atoms with Crippen molar-refractivity contribution >= 4 is 12.7 Å². The Morgan fingerprint density at radius 1 is 1.20 bits per heavy atom. The molecule has 1 N–H and O–H groups in total. The van der Waals surface area contributed by atoms with E-state index in [1.807, 2.05) is 12.1 Å². The lowest BCUT2D eigenvalue weighted by Crippen LogP contribution is -2.15. The molecule has 127 valence electrons. The zero-order chi connectivity index (χ0) is 17.9. The minimum Gasteiger partial charge on any atom is -0.497 e. The molecular weight excluding hydrogens is 307 g/mol. The van der Waals surface area contributed by atoms with Gasteiger partial charge in [0, 0.05) is 12.4 Å². The molecule has 3 nitrogen and oxygen atoms in total. The normalized spacial score (nSPS) is 10.6. The monoisotopic (exact) mass is 331 g/mol. The first kappa shape index (κ1) is 18.6. The number of hydrogen-bond acceptors (Lipinski definition) is 2. The van der Waals surface area contributed by atoms with Gasteiger partial charge in [-0.05, 0) is 36.6 Å². The summed E-state index contributed by atoms with van der Waals surface area (Å²) < 4.78 is 5.31. The number of imidazole rings is 1. The van der Waals surface area contributed by atoms with Crippen LogP contribution >= 0.6 is 0 Å². The summed E-state index contributed by atoms with van der Waals surface area (Å²) in [5, 5.41) is 0. The number of hydrogen-bond donors (Lipinski definition) is 1. The van der Waals surface area contributed by atoms with E-state index in [1.165, 1.54) is 22.2 Å². The lowest BCUT2D eigenvalue weighted by atomic mass is 9.66. The number of allylic oxidation sites excluding steroid dienone is 1. The van der Waals surface area contributed by atoms with Crippen molar-refractivity contribution in [1.29, 1.82) is 0 Å². The van der Waals surface area contributed by atoms with Crippen molar-refractivity contribution in [3.05, 3.63) is 78.8 Å². The zero-order valence-corrected chi connectivity index (χ0v) is 15.1. The summed E-state index contributed by atoms with van der Waals surface area (Å²) in [7, 11) is 3.89. The van der Waals surface area contributed by atoms with Gasteiger partial charge >= 0.3 is 0 Å². The Bertz CT molecular complexity index is 765. The Hall–Kier alpha value is -2.75. The summed E-state index contributed by atoms with van der Waals surface area (Å²) in [6.45, 7) is 4.33. The van der Waals surface area contributed by atoms with Gasteiger partial charge in [-0.25, -0.2) is 4.98 Å². The second-order valence-electron chi connectivity index (χ2n) is 5.61. The van der Waals surface area contributed by atoms with E-state index >= 15 is 0 Å². The summed E-state index contributed by atoms with van der Waals surface area (Å²) >= 11 is 0. The van der Waals surface area contributed by atoms with Crippen LogP contribution in [0.1, 0.15) is 20.3 Å². The van der Waals surface area contributed by atoms with Crippen LogP contribution in [0.25, 0.3) is 11.1 Å². The van der Waals surface area contributed by atoms with Crippen molar-refractivity contribution in [3.8, 4) is 16.9 Å². The molecule has 0 atom stereocenters. The molecule has 0 unspecified atom stereocenters. The molecule has 0 spiro atoms. The molecule has 3 aromatic rings. The number of methoxy groups -OCH3 is 1. The molecule has 0 bridgehead atoms. The SMILES string of the molecule is CCC(C)=C[B]c1ccccc1-c1cccc(OC)c1.c1c[nH]cn1. The molecule has 1 aromatic heterocycles. The fourth-order valence-corrected chi connectivity index (χ4v) is 2.26. The van der Waals surface area contributed by atoms with Gasteiger partial charge in [0.05, 0.1) is 13.4 Å². The van der Waals surface area contributed by atoms with E-state index in [4.69, 9.17) is 4.74 Å². The zero-order valence-electron chi connectivity index (χ0n) is 15.1. The second kappa shape index (κ2) is 10.2. The number of H-pyrrole nitrogens is 1. The average molecular weight is 331 g/mol. The fraction of sp³-hybridized carbons (Fsp3) is 0.190. The number of nitrogens with zero attached hydrogens (tertiary/aromatic N) is 1. The van der Waals surface area contributed by atoms with Crippen LogP contribution in [0.3, 0.4) is 0 Å². The van der Waals surface area contributed by atoms with Crippen molar-refractivity contribution < 1.29 is 4.74 Å². The van der Waals surface area contributed by atoms with E-state index in [0.717, 1.165) is 12.2 Å². The van der Waals surface area contributed by atoms with Gasteiger partial charge in [0.25, 0.3) is 0 Å². The predicted octanol–water partition coefficient (Wildman–Crippen LogP) is 4.42. The molecular formula is C21H24BN2O. The van der Waals surface area contributed by atoms with Crippen molar-refractivity contribution in [3.63, 3.8) is 0 Å². The maximum Gasteiger partial charge on any atom is 0.182 e. The minimum atomic E-state index is 0.887. The van der Waals surface area contributed by atoms with E-state index in [-0.39, 0.29) is 0 Å². The van der Waals surface area contributed by atoms with Gasteiger partial charge < -0.3 is 9.72 Å². The number of aromatic nitrogens is 2. The molecule has 0 saturated carbocycles. The molecule has 1 radical (unpaired) electrons. The first-order valence-corrected chi connectivity index (χ1v) is 8.41. The van der Waals surface area contributed by atoms with E-state index in [2.05, 4.69) is 73.5 Å². The highest BCUT2D eigenvalue weighted by Crippen LogP contribution is 2.22. The average Bonchev–Trinajstić information content (AvgIpc) is 3.26. The number of aromatic amines is 1. The predicted molar refractivity (Wildman–Crippen MR) is 106 cm³/mol. The molecule has 0 aliphatic rings. The van der Waals surface area contributed by atoms with Gasteiger partial charge in [0.2, 0.25) is 0 Å². The summed E-state index contributed by atoms with van der Waals surface area (Å²) in [6.07, 6.45) is 6.16. The Balaban J connectivity index is 0.000000386. The summed E-state index contributed by atoms with van der Waals surface area (Å²) in [5.74, 6) is 3.08.